The molecule has 0 atom stereocenters. The first-order valence-corrected chi connectivity index (χ1v) is 9.23. The summed E-state index contributed by atoms with van der Waals surface area (Å²) >= 11 is 0. The number of sulfonamides is 1. The van der Waals surface area contributed by atoms with Crippen molar-refractivity contribution in [3.8, 4) is 0 Å². The highest BCUT2D eigenvalue weighted by atomic mass is 32.2. The van der Waals surface area contributed by atoms with Crippen LogP contribution in [-0.2, 0) is 10.0 Å². The summed E-state index contributed by atoms with van der Waals surface area (Å²) in [5.74, 6) is -3.48. The highest BCUT2D eigenvalue weighted by Gasteiger charge is 2.16. The summed E-state index contributed by atoms with van der Waals surface area (Å²) in [5, 5.41) is 2.35. The average molecular weight is 407 g/mol. The number of carbonyl (C=O) groups is 1. The zero-order chi connectivity index (χ0) is 20.3. The molecule has 1 aromatic heterocycles. The van der Waals surface area contributed by atoms with Crippen LogP contribution in [0.3, 0.4) is 0 Å². The van der Waals surface area contributed by atoms with Crippen molar-refractivity contribution in [2.24, 2.45) is 0 Å². The molecule has 0 aliphatic carbocycles. The van der Waals surface area contributed by atoms with Crippen LogP contribution in [0.15, 0.2) is 65.8 Å². The van der Waals surface area contributed by atoms with Crippen LogP contribution in [0, 0.1) is 17.5 Å². The average Bonchev–Trinajstić information content (AvgIpc) is 2.65. The number of pyridine rings is 1. The number of nitrogens with zero attached hydrogens (tertiary/aromatic N) is 1. The number of amides is 1. The Morgan fingerprint density at radius 3 is 2.25 bits per heavy atom. The Balaban J connectivity index is 1.78. The molecule has 3 rings (SSSR count). The maximum Gasteiger partial charge on any atom is 0.261 e. The van der Waals surface area contributed by atoms with Gasteiger partial charge < -0.3 is 5.32 Å². The van der Waals surface area contributed by atoms with Gasteiger partial charge in [0.2, 0.25) is 0 Å². The largest absolute Gasteiger partial charge is 0.322 e. The number of aromatic nitrogens is 1. The number of benzene rings is 2. The van der Waals surface area contributed by atoms with Crippen LogP contribution in [0.2, 0.25) is 0 Å². The van der Waals surface area contributed by atoms with Gasteiger partial charge in [-0.2, -0.15) is 0 Å². The number of anilines is 2. The van der Waals surface area contributed by atoms with Gasteiger partial charge in [-0.3, -0.25) is 14.5 Å². The second-order valence-electron chi connectivity index (χ2n) is 5.60. The first-order valence-electron chi connectivity index (χ1n) is 7.74. The van der Waals surface area contributed by atoms with E-state index in [1.807, 2.05) is 0 Å². The van der Waals surface area contributed by atoms with Crippen LogP contribution in [0.1, 0.15) is 10.4 Å². The van der Waals surface area contributed by atoms with Gasteiger partial charge in [-0.25, -0.2) is 21.6 Å². The molecule has 6 nitrogen and oxygen atoms in total. The van der Waals surface area contributed by atoms with Crippen LogP contribution < -0.4 is 10.0 Å². The highest BCUT2D eigenvalue weighted by molar-refractivity contribution is 7.92. The van der Waals surface area contributed by atoms with Crippen molar-refractivity contribution in [3.05, 3.63) is 83.9 Å². The van der Waals surface area contributed by atoms with Crippen molar-refractivity contribution in [2.75, 3.05) is 10.0 Å². The molecule has 144 valence electrons. The number of nitrogens with one attached hydrogen (secondary N) is 2. The fraction of sp³-hybridized carbons (Fsp3) is 0. The van der Waals surface area contributed by atoms with Crippen molar-refractivity contribution in [2.45, 2.75) is 4.90 Å². The first kappa shape index (κ1) is 19.4. The van der Waals surface area contributed by atoms with Crippen LogP contribution in [0.25, 0.3) is 0 Å². The van der Waals surface area contributed by atoms with Crippen molar-refractivity contribution in [3.63, 3.8) is 0 Å². The third kappa shape index (κ3) is 4.46. The highest BCUT2D eigenvalue weighted by Crippen LogP contribution is 2.18. The maximum absolute atomic E-state index is 13.2. The Morgan fingerprint density at radius 1 is 0.857 bits per heavy atom. The third-order valence-electron chi connectivity index (χ3n) is 3.55. The predicted octanol–water partition coefficient (Wildman–Crippen LogP) is 3.55. The molecule has 0 aliphatic rings. The molecule has 0 spiro atoms. The number of hydrogen-bond acceptors (Lipinski definition) is 4. The van der Waals surface area contributed by atoms with Gasteiger partial charge in [-0.05, 0) is 42.5 Å². The van der Waals surface area contributed by atoms with Crippen LogP contribution in [0.5, 0.6) is 0 Å². The van der Waals surface area contributed by atoms with Gasteiger partial charge in [0, 0.05) is 18.0 Å². The normalized spacial score (nSPS) is 11.1. The van der Waals surface area contributed by atoms with Gasteiger partial charge >= 0.3 is 0 Å². The van der Waals surface area contributed by atoms with Crippen LogP contribution in [0.4, 0.5) is 24.5 Å². The van der Waals surface area contributed by atoms with Gasteiger partial charge in [0.15, 0.2) is 11.6 Å². The summed E-state index contributed by atoms with van der Waals surface area (Å²) in [6.45, 7) is 0. The molecule has 1 amide bonds. The van der Waals surface area contributed by atoms with Gasteiger partial charge in [-0.1, -0.05) is 0 Å². The Kier molecular flexibility index (Phi) is 5.32. The lowest BCUT2D eigenvalue weighted by Crippen LogP contribution is -2.15. The zero-order valence-electron chi connectivity index (χ0n) is 14.0. The minimum Gasteiger partial charge on any atom is -0.322 e. The number of hydrogen-bond donors (Lipinski definition) is 2. The monoisotopic (exact) mass is 407 g/mol. The Labute approximate surface area is 158 Å². The molecular weight excluding hydrogens is 395 g/mol. The summed E-state index contributed by atoms with van der Waals surface area (Å²) in [4.78, 5) is 15.9. The topological polar surface area (TPSA) is 88.2 Å². The maximum atomic E-state index is 13.2. The lowest BCUT2D eigenvalue weighted by molar-refractivity contribution is 0.102. The van der Waals surface area contributed by atoms with E-state index < -0.39 is 33.4 Å². The van der Waals surface area contributed by atoms with E-state index in [1.54, 1.807) is 0 Å². The van der Waals surface area contributed by atoms with E-state index >= 15 is 0 Å². The minimum atomic E-state index is -4.02. The van der Waals surface area contributed by atoms with E-state index in [4.69, 9.17) is 0 Å². The standard InChI is InChI=1S/C18H12F3N3O3S/c19-12-1-4-15(5-2-12)28(26,27)24-14-7-11(9-22-10-14)18(25)23-13-3-6-16(20)17(21)8-13/h1-10,24H,(H,23,25). The van der Waals surface area contributed by atoms with E-state index in [-0.39, 0.29) is 21.8 Å². The van der Waals surface area contributed by atoms with E-state index in [1.165, 1.54) is 24.5 Å². The van der Waals surface area contributed by atoms with Gasteiger partial charge in [0.25, 0.3) is 15.9 Å². The molecule has 0 unspecified atom stereocenters. The van der Waals surface area contributed by atoms with Crippen molar-refractivity contribution >= 4 is 27.3 Å². The van der Waals surface area contributed by atoms with Crippen molar-refractivity contribution < 1.29 is 26.4 Å². The van der Waals surface area contributed by atoms with Crippen molar-refractivity contribution in [1.82, 2.24) is 4.98 Å². The summed E-state index contributed by atoms with van der Waals surface area (Å²) < 4.78 is 66.0. The van der Waals surface area contributed by atoms with Gasteiger partial charge in [-0.15, -0.1) is 0 Å². The molecular formula is C18H12F3N3O3S. The summed E-state index contributed by atoms with van der Waals surface area (Å²) in [7, 11) is -4.02. The lowest BCUT2D eigenvalue weighted by atomic mass is 10.2. The number of halogens is 3. The molecule has 10 heteroatoms. The van der Waals surface area contributed by atoms with Gasteiger partial charge in [0.05, 0.1) is 22.3 Å². The SMILES string of the molecule is O=C(Nc1ccc(F)c(F)c1)c1cncc(NS(=O)(=O)c2ccc(F)cc2)c1. The van der Waals surface area contributed by atoms with E-state index in [9.17, 15) is 26.4 Å². The molecule has 0 saturated heterocycles. The second-order valence-corrected chi connectivity index (χ2v) is 7.29. The molecule has 28 heavy (non-hydrogen) atoms. The molecule has 0 aliphatic heterocycles. The lowest BCUT2D eigenvalue weighted by Gasteiger charge is -2.10. The van der Waals surface area contributed by atoms with E-state index in [2.05, 4.69) is 15.0 Å². The fourth-order valence-electron chi connectivity index (χ4n) is 2.22. The second kappa shape index (κ2) is 7.69. The van der Waals surface area contributed by atoms with Crippen LogP contribution in [-0.4, -0.2) is 19.3 Å². The molecule has 0 radical (unpaired) electrons. The summed E-state index contributed by atoms with van der Waals surface area (Å²) in [6, 6.07) is 8.22. The molecule has 0 bridgehead atoms. The number of carbonyl (C=O) groups excluding carboxylic acids is 1. The predicted molar refractivity (Wildman–Crippen MR) is 95.8 cm³/mol. The molecule has 1 heterocycles. The Hall–Kier alpha value is -3.40. The quantitative estimate of drug-likeness (QED) is 0.677. The fourth-order valence-corrected chi connectivity index (χ4v) is 3.26. The number of rotatable bonds is 5. The Bertz CT molecular complexity index is 1140. The van der Waals surface area contributed by atoms with Crippen molar-refractivity contribution in [1.29, 1.82) is 0 Å². The Morgan fingerprint density at radius 2 is 1.57 bits per heavy atom. The van der Waals surface area contributed by atoms with E-state index in [0.29, 0.717) is 0 Å². The zero-order valence-corrected chi connectivity index (χ0v) is 14.8. The molecule has 2 N–H and O–H groups in total. The molecule has 0 fully saturated rings. The smallest absolute Gasteiger partial charge is 0.261 e. The van der Waals surface area contributed by atoms with E-state index in [0.717, 1.165) is 36.4 Å². The third-order valence-corrected chi connectivity index (χ3v) is 4.95. The molecule has 3 aromatic rings. The van der Waals surface area contributed by atoms with Gasteiger partial charge in [0.1, 0.15) is 5.82 Å². The molecule has 2 aromatic carbocycles. The minimum absolute atomic E-state index is 0.0118. The summed E-state index contributed by atoms with van der Waals surface area (Å²) in [5.41, 5.74) is -0.0208. The van der Waals surface area contributed by atoms with Crippen LogP contribution >= 0.6 is 0 Å². The first-order chi connectivity index (χ1) is 13.2. The summed E-state index contributed by atoms with van der Waals surface area (Å²) in [6.07, 6.45) is 2.35. The molecule has 0 saturated carbocycles.